The lowest BCUT2D eigenvalue weighted by Gasteiger charge is -2.29. The minimum absolute atomic E-state index is 0.156. The van der Waals surface area contributed by atoms with Gasteiger partial charge in [-0.3, -0.25) is 4.79 Å². The molecule has 1 saturated carbocycles. The molecule has 1 amide bonds. The van der Waals surface area contributed by atoms with E-state index in [1.807, 2.05) is 27.1 Å². The normalized spacial score (nSPS) is 16.0. The fourth-order valence-electron chi connectivity index (χ4n) is 2.72. The van der Waals surface area contributed by atoms with Gasteiger partial charge in [0.15, 0.2) is 0 Å². The molecule has 1 aliphatic carbocycles. The second-order valence-corrected chi connectivity index (χ2v) is 7.12. The summed E-state index contributed by atoms with van der Waals surface area (Å²) in [6, 6.07) is 2.24. The molecule has 0 aliphatic heterocycles. The van der Waals surface area contributed by atoms with Gasteiger partial charge in [-0.2, -0.15) is 0 Å². The molecule has 0 radical (unpaired) electrons. The second kappa shape index (κ2) is 6.59. The monoisotopic (exact) mass is 295 g/mol. The van der Waals surface area contributed by atoms with Crippen LogP contribution in [-0.2, 0) is 0 Å². The van der Waals surface area contributed by atoms with Gasteiger partial charge < -0.3 is 15.5 Å². The van der Waals surface area contributed by atoms with Crippen LogP contribution in [0.25, 0.3) is 0 Å². The first kappa shape index (κ1) is 15.3. The Morgan fingerprint density at radius 1 is 1.35 bits per heavy atom. The fourth-order valence-corrected chi connectivity index (χ4v) is 3.61. The quantitative estimate of drug-likeness (QED) is 0.908. The maximum atomic E-state index is 12.8. The SMILES string of the molecule is Cc1sc(C(=O)N(CCN(C)C)C2CCCC2)cc1N. The number of nitrogens with zero attached hydrogens (tertiary/aromatic N) is 2. The molecule has 0 atom stereocenters. The highest BCUT2D eigenvalue weighted by atomic mass is 32.1. The van der Waals surface area contributed by atoms with Crippen molar-refractivity contribution in [2.24, 2.45) is 0 Å². The maximum Gasteiger partial charge on any atom is 0.264 e. The molecular weight excluding hydrogens is 270 g/mol. The topological polar surface area (TPSA) is 49.6 Å². The number of nitrogens with two attached hydrogens (primary N) is 1. The molecule has 5 heteroatoms. The van der Waals surface area contributed by atoms with Crippen molar-refractivity contribution in [2.45, 2.75) is 38.6 Å². The van der Waals surface area contributed by atoms with Crippen LogP contribution in [0.4, 0.5) is 5.69 Å². The van der Waals surface area contributed by atoms with Crippen molar-refractivity contribution in [2.75, 3.05) is 32.9 Å². The Balaban J connectivity index is 2.13. The van der Waals surface area contributed by atoms with E-state index in [-0.39, 0.29) is 5.91 Å². The first-order valence-electron chi connectivity index (χ1n) is 7.30. The summed E-state index contributed by atoms with van der Waals surface area (Å²) < 4.78 is 0. The van der Waals surface area contributed by atoms with Crippen molar-refractivity contribution in [3.05, 3.63) is 15.8 Å². The van der Waals surface area contributed by atoms with Crippen molar-refractivity contribution in [1.82, 2.24) is 9.80 Å². The van der Waals surface area contributed by atoms with Gasteiger partial charge in [-0.15, -0.1) is 11.3 Å². The van der Waals surface area contributed by atoms with Crippen LogP contribution in [0.5, 0.6) is 0 Å². The van der Waals surface area contributed by atoms with E-state index in [2.05, 4.69) is 9.80 Å². The van der Waals surface area contributed by atoms with Crippen LogP contribution in [0, 0.1) is 6.92 Å². The van der Waals surface area contributed by atoms with E-state index in [9.17, 15) is 4.79 Å². The number of likely N-dealkylation sites (N-methyl/N-ethyl adjacent to an activating group) is 1. The van der Waals surface area contributed by atoms with Crippen LogP contribution in [0.1, 0.15) is 40.2 Å². The summed E-state index contributed by atoms with van der Waals surface area (Å²) in [5.74, 6) is 0.156. The van der Waals surface area contributed by atoms with Gasteiger partial charge in [0.25, 0.3) is 5.91 Å². The Hall–Kier alpha value is -1.07. The zero-order valence-electron chi connectivity index (χ0n) is 12.7. The summed E-state index contributed by atoms with van der Waals surface area (Å²) in [6.45, 7) is 3.67. The minimum atomic E-state index is 0.156. The molecular formula is C15H25N3OS. The van der Waals surface area contributed by atoms with Crippen molar-refractivity contribution >= 4 is 22.9 Å². The summed E-state index contributed by atoms with van der Waals surface area (Å²) >= 11 is 1.51. The molecule has 0 unspecified atom stereocenters. The van der Waals surface area contributed by atoms with Gasteiger partial charge in [-0.25, -0.2) is 0 Å². The zero-order chi connectivity index (χ0) is 14.7. The average molecular weight is 295 g/mol. The van der Waals surface area contributed by atoms with E-state index in [0.29, 0.717) is 6.04 Å². The summed E-state index contributed by atoms with van der Waals surface area (Å²) in [5.41, 5.74) is 6.62. The summed E-state index contributed by atoms with van der Waals surface area (Å²) in [7, 11) is 4.09. The molecule has 4 nitrogen and oxygen atoms in total. The van der Waals surface area contributed by atoms with Gasteiger partial charge in [0.05, 0.1) is 4.88 Å². The van der Waals surface area contributed by atoms with Gasteiger partial charge in [-0.1, -0.05) is 12.8 Å². The molecule has 0 bridgehead atoms. The van der Waals surface area contributed by atoms with Crippen LogP contribution in [0.3, 0.4) is 0 Å². The van der Waals surface area contributed by atoms with Gasteiger partial charge in [-0.05, 0) is 39.9 Å². The summed E-state index contributed by atoms with van der Waals surface area (Å²) in [5, 5.41) is 0. The summed E-state index contributed by atoms with van der Waals surface area (Å²) in [4.78, 5) is 18.8. The molecule has 20 heavy (non-hydrogen) atoms. The lowest BCUT2D eigenvalue weighted by atomic mass is 10.2. The van der Waals surface area contributed by atoms with Gasteiger partial charge in [0, 0.05) is 29.7 Å². The summed E-state index contributed by atoms with van der Waals surface area (Å²) in [6.07, 6.45) is 4.75. The molecule has 0 aromatic carbocycles. The number of hydrogen-bond acceptors (Lipinski definition) is 4. The van der Waals surface area contributed by atoms with E-state index >= 15 is 0 Å². The zero-order valence-corrected chi connectivity index (χ0v) is 13.5. The number of anilines is 1. The molecule has 1 heterocycles. The molecule has 2 rings (SSSR count). The standard InChI is InChI=1S/C15H25N3OS/c1-11-13(16)10-14(20-11)15(19)18(9-8-17(2)3)12-6-4-5-7-12/h10,12H,4-9,16H2,1-3H3. The lowest BCUT2D eigenvalue weighted by Crippen LogP contribution is -2.42. The van der Waals surface area contributed by atoms with Gasteiger partial charge in [0.1, 0.15) is 0 Å². The fraction of sp³-hybridized carbons (Fsp3) is 0.667. The number of hydrogen-bond donors (Lipinski definition) is 1. The largest absolute Gasteiger partial charge is 0.398 e. The first-order valence-corrected chi connectivity index (χ1v) is 8.12. The number of thiophene rings is 1. The number of carbonyl (C=O) groups excluding carboxylic acids is 1. The van der Waals surface area contributed by atoms with E-state index in [4.69, 9.17) is 5.73 Å². The predicted octanol–water partition coefficient (Wildman–Crippen LogP) is 2.59. The first-order chi connectivity index (χ1) is 9.49. The Morgan fingerprint density at radius 3 is 2.50 bits per heavy atom. The number of carbonyl (C=O) groups is 1. The number of amides is 1. The molecule has 112 valence electrons. The van der Waals surface area contributed by atoms with Gasteiger partial charge >= 0.3 is 0 Å². The third-order valence-electron chi connectivity index (χ3n) is 3.98. The number of aryl methyl sites for hydroxylation is 1. The minimum Gasteiger partial charge on any atom is -0.398 e. The third-order valence-corrected chi connectivity index (χ3v) is 5.04. The molecule has 1 aromatic rings. The van der Waals surface area contributed by atoms with E-state index in [1.165, 1.54) is 24.2 Å². The Labute approximate surface area is 125 Å². The average Bonchev–Trinajstić information content (AvgIpc) is 3.00. The van der Waals surface area contributed by atoms with Crippen molar-refractivity contribution in [1.29, 1.82) is 0 Å². The Bertz CT molecular complexity index is 444. The Morgan fingerprint density at radius 2 is 2.00 bits per heavy atom. The van der Waals surface area contributed by atoms with Crippen LogP contribution < -0.4 is 5.73 Å². The van der Waals surface area contributed by atoms with Gasteiger partial charge in [0.2, 0.25) is 0 Å². The number of rotatable bonds is 5. The Kier molecular flexibility index (Phi) is 5.05. The van der Waals surface area contributed by atoms with E-state index < -0.39 is 0 Å². The lowest BCUT2D eigenvalue weighted by molar-refractivity contribution is 0.0672. The molecule has 2 N–H and O–H groups in total. The molecule has 1 aromatic heterocycles. The van der Waals surface area contributed by atoms with Crippen molar-refractivity contribution < 1.29 is 4.79 Å². The molecule has 0 saturated heterocycles. The molecule has 1 fully saturated rings. The highest BCUT2D eigenvalue weighted by Gasteiger charge is 2.28. The van der Waals surface area contributed by atoms with Crippen LogP contribution >= 0.6 is 11.3 Å². The highest BCUT2D eigenvalue weighted by molar-refractivity contribution is 7.14. The van der Waals surface area contributed by atoms with Crippen LogP contribution in [0.2, 0.25) is 0 Å². The highest BCUT2D eigenvalue weighted by Crippen LogP contribution is 2.29. The third kappa shape index (κ3) is 3.52. The van der Waals surface area contributed by atoms with Crippen molar-refractivity contribution in [3.8, 4) is 0 Å². The van der Waals surface area contributed by atoms with E-state index in [0.717, 1.165) is 41.4 Å². The molecule has 1 aliphatic rings. The smallest absolute Gasteiger partial charge is 0.264 e. The molecule has 0 spiro atoms. The number of nitrogen functional groups attached to an aromatic ring is 1. The van der Waals surface area contributed by atoms with Crippen molar-refractivity contribution in [3.63, 3.8) is 0 Å². The van der Waals surface area contributed by atoms with Crippen LogP contribution in [0.15, 0.2) is 6.07 Å². The maximum absolute atomic E-state index is 12.8. The predicted molar refractivity (Wildman–Crippen MR) is 85.3 cm³/mol. The van der Waals surface area contributed by atoms with Crippen LogP contribution in [-0.4, -0.2) is 48.9 Å². The van der Waals surface area contributed by atoms with E-state index in [1.54, 1.807) is 0 Å². The second-order valence-electron chi connectivity index (χ2n) is 5.86.